The van der Waals surface area contributed by atoms with Crippen molar-refractivity contribution in [2.45, 2.75) is 19.4 Å². The number of aromatic nitrogens is 1. The molecule has 0 radical (unpaired) electrons. The van der Waals surface area contributed by atoms with Gasteiger partial charge >= 0.3 is 6.03 Å². The third-order valence-corrected chi connectivity index (χ3v) is 3.35. The highest BCUT2D eigenvalue weighted by Crippen LogP contribution is 2.15. The van der Waals surface area contributed by atoms with Crippen LogP contribution in [0.2, 0.25) is 0 Å². The number of carbonyl (C=O) groups is 1. The van der Waals surface area contributed by atoms with Crippen molar-refractivity contribution >= 4 is 16.9 Å². The zero-order valence-electron chi connectivity index (χ0n) is 12.5. The number of para-hydroxylation sites is 1. The molecule has 1 heterocycles. The minimum atomic E-state index is -0.108. The summed E-state index contributed by atoms with van der Waals surface area (Å²) in [6.07, 6.45) is 3.83. The summed E-state index contributed by atoms with van der Waals surface area (Å²) >= 11 is 0. The maximum atomic E-state index is 11.5. The summed E-state index contributed by atoms with van der Waals surface area (Å²) in [7, 11) is 1.66. The lowest BCUT2D eigenvalue weighted by Crippen LogP contribution is -2.37. The van der Waals surface area contributed by atoms with Gasteiger partial charge in [-0.15, -0.1) is 0 Å². The Morgan fingerprint density at radius 3 is 2.71 bits per heavy atom. The van der Waals surface area contributed by atoms with E-state index in [9.17, 15) is 4.79 Å². The molecule has 2 amide bonds. The molecule has 1 aromatic carbocycles. The van der Waals surface area contributed by atoms with Gasteiger partial charge in [0, 0.05) is 45.1 Å². The fourth-order valence-electron chi connectivity index (χ4n) is 2.27. The van der Waals surface area contributed by atoms with Crippen molar-refractivity contribution in [1.82, 2.24) is 15.2 Å². The van der Waals surface area contributed by atoms with Crippen LogP contribution in [0.1, 0.15) is 12.8 Å². The molecule has 5 nitrogen and oxygen atoms in total. The standard InChI is InChI=1S/C16H23N3O2/c1-21-13-5-10-18-16(20)17-9-4-11-19-12-8-14-6-2-3-7-15(14)19/h2-3,6-8,12H,4-5,9-11,13H2,1H3,(H2,17,18,20). The average molecular weight is 289 g/mol. The number of amides is 2. The Hall–Kier alpha value is -2.01. The molecule has 2 aromatic rings. The molecular weight excluding hydrogens is 266 g/mol. The van der Waals surface area contributed by atoms with Crippen LogP contribution in [0.4, 0.5) is 4.79 Å². The highest BCUT2D eigenvalue weighted by atomic mass is 16.5. The molecule has 0 unspecified atom stereocenters. The highest BCUT2D eigenvalue weighted by molar-refractivity contribution is 5.79. The van der Waals surface area contributed by atoms with Crippen molar-refractivity contribution in [3.63, 3.8) is 0 Å². The van der Waals surface area contributed by atoms with Crippen molar-refractivity contribution in [3.8, 4) is 0 Å². The van der Waals surface area contributed by atoms with E-state index in [4.69, 9.17) is 4.74 Å². The van der Waals surface area contributed by atoms with Crippen LogP contribution < -0.4 is 10.6 Å². The van der Waals surface area contributed by atoms with Crippen molar-refractivity contribution in [1.29, 1.82) is 0 Å². The Morgan fingerprint density at radius 1 is 1.14 bits per heavy atom. The van der Waals surface area contributed by atoms with Gasteiger partial charge in [0.1, 0.15) is 0 Å². The maximum Gasteiger partial charge on any atom is 0.314 e. The molecule has 0 spiro atoms. The summed E-state index contributed by atoms with van der Waals surface area (Å²) in [5, 5.41) is 6.92. The van der Waals surface area contributed by atoms with Gasteiger partial charge in [-0.3, -0.25) is 0 Å². The number of aryl methyl sites for hydroxylation is 1. The Balaban J connectivity index is 1.64. The monoisotopic (exact) mass is 289 g/mol. The first kappa shape index (κ1) is 15.4. The van der Waals surface area contributed by atoms with Crippen LogP contribution in [0, 0.1) is 0 Å². The summed E-state index contributed by atoms with van der Waals surface area (Å²) in [6.45, 7) is 2.88. The van der Waals surface area contributed by atoms with Crippen molar-refractivity contribution in [3.05, 3.63) is 36.5 Å². The summed E-state index contributed by atoms with van der Waals surface area (Å²) in [5.74, 6) is 0. The van der Waals surface area contributed by atoms with Gasteiger partial charge in [0.05, 0.1) is 0 Å². The average Bonchev–Trinajstić information content (AvgIpc) is 2.91. The highest BCUT2D eigenvalue weighted by Gasteiger charge is 2.01. The van der Waals surface area contributed by atoms with E-state index in [0.717, 1.165) is 19.4 Å². The Labute approximate surface area is 125 Å². The van der Waals surface area contributed by atoms with Gasteiger partial charge in [-0.1, -0.05) is 18.2 Å². The van der Waals surface area contributed by atoms with Crippen LogP contribution in [-0.4, -0.2) is 37.4 Å². The van der Waals surface area contributed by atoms with E-state index in [-0.39, 0.29) is 6.03 Å². The van der Waals surface area contributed by atoms with E-state index in [1.54, 1.807) is 7.11 Å². The molecule has 0 saturated carbocycles. The second-order valence-corrected chi connectivity index (χ2v) is 4.95. The number of benzene rings is 1. The number of carbonyl (C=O) groups excluding carboxylic acids is 1. The van der Waals surface area contributed by atoms with E-state index in [0.29, 0.717) is 19.7 Å². The maximum absolute atomic E-state index is 11.5. The van der Waals surface area contributed by atoms with Crippen molar-refractivity contribution < 1.29 is 9.53 Å². The molecule has 2 N–H and O–H groups in total. The third kappa shape index (κ3) is 4.79. The number of fused-ring (bicyclic) bond motifs is 1. The zero-order valence-corrected chi connectivity index (χ0v) is 12.5. The predicted molar refractivity (Wildman–Crippen MR) is 84.4 cm³/mol. The number of hydrogen-bond acceptors (Lipinski definition) is 2. The lowest BCUT2D eigenvalue weighted by Gasteiger charge is -2.08. The van der Waals surface area contributed by atoms with Crippen LogP contribution >= 0.6 is 0 Å². The summed E-state index contributed by atoms with van der Waals surface area (Å²) in [5.41, 5.74) is 1.24. The van der Waals surface area contributed by atoms with Crippen LogP contribution in [0.25, 0.3) is 10.9 Å². The fraction of sp³-hybridized carbons (Fsp3) is 0.438. The van der Waals surface area contributed by atoms with Crippen LogP contribution in [0.15, 0.2) is 36.5 Å². The first-order chi connectivity index (χ1) is 10.3. The molecule has 0 saturated heterocycles. The zero-order chi connectivity index (χ0) is 14.9. The second-order valence-electron chi connectivity index (χ2n) is 4.95. The van der Waals surface area contributed by atoms with Gasteiger partial charge in [0.25, 0.3) is 0 Å². The summed E-state index contributed by atoms with van der Waals surface area (Å²) < 4.78 is 7.14. The Bertz CT molecular complexity index is 565. The minimum absolute atomic E-state index is 0.108. The topological polar surface area (TPSA) is 55.3 Å². The lowest BCUT2D eigenvalue weighted by molar-refractivity contribution is 0.193. The molecule has 0 atom stereocenters. The molecule has 21 heavy (non-hydrogen) atoms. The Morgan fingerprint density at radius 2 is 1.90 bits per heavy atom. The van der Waals surface area contributed by atoms with Gasteiger partial charge in [-0.05, 0) is 30.4 Å². The number of nitrogens with one attached hydrogen (secondary N) is 2. The first-order valence-electron chi connectivity index (χ1n) is 7.36. The van der Waals surface area contributed by atoms with Gasteiger partial charge in [-0.2, -0.15) is 0 Å². The minimum Gasteiger partial charge on any atom is -0.385 e. The van der Waals surface area contributed by atoms with E-state index < -0.39 is 0 Å². The van der Waals surface area contributed by atoms with Crippen LogP contribution in [-0.2, 0) is 11.3 Å². The quantitative estimate of drug-likeness (QED) is 0.733. The molecule has 0 aliphatic heterocycles. The second kappa shape index (κ2) is 8.32. The number of nitrogens with zero attached hydrogens (tertiary/aromatic N) is 1. The number of ether oxygens (including phenoxy) is 1. The third-order valence-electron chi connectivity index (χ3n) is 3.35. The van der Waals surface area contributed by atoms with Crippen LogP contribution in [0.3, 0.4) is 0 Å². The van der Waals surface area contributed by atoms with E-state index in [1.165, 1.54) is 10.9 Å². The van der Waals surface area contributed by atoms with Gasteiger partial charge < -0.3 is 19.9 Å². The molecule has 0 aliphatic rings. The van der Waals surface area contributed by atoms with E-state index in [1.807, 2.05) is 12.1 Å². The van der Waals surface area contributed by atoms with Gasteiger partial charge in [-0.25, -0.2) is 4.79 Å². The number of hydrogen-bond donors (Lipinski definition) is 2. The molecule has 0 fully saturated rings. The first-order valence-corrected chi connectivity index (χ1v) is 7.36. The number of urea groups is 1. The molecule has 1 aromatic heterocycles. The fourth-order valence-corrected chi connectivity index (χ4v) is 2.27. The van der Waals surface area contributed by atoms with E-state index in [2.05, 4.69) is 39.6 Å². The van der Waals surface area contributed by atoms with Crippen molar-refractivity contribution in [2.24, 2.45) is 0 Å². The molecule has 5 heteroatoms. The van der Waals surface area contributed by atoms with Gasteiger partial charge in [0.15, 0.2) is 0 Å². The summed E-state index contributed by atoms with van der Waals surface area (Å²) in [4.78, 5) is 11.5. The molecule has 2 rings (SSSR count). The van der Waals surface area contributed by atoms with Crippen molar-refractivity contribution in [2.75, 3.05) is 26.8 Å². The summed E-state index contributed by atoms with van der Waals surface area (Å²) in [6, 6.07) is 10.3. The number of methoxy groups -OCH3 is 1. The smallest absolute Gasteiger partial charge is 0.314 e. The molecule has 0 aliphatic carbocycles. The molecular formula is C16H23N3O2. The number of rotatable bonds is 8. The molecule has 114 valence electrons. The normalized spacial score (nSPS) is 10.7. The van der Waals surface area contributed by atoms with Gasteiger partial charge in [0.2, 0.25) is 0 Å². The molecule has 0 bridgehead atoms. The van der Waals surface area contributed by atoms with Crippen LogP contribution in [0.5, 0.6) is 0 Å². The largest absolute Gasteiger partial charge is 0.385 e. The van der Waals surface area contributed by atoms with E-state index >= 15 is 0 Å². The Kier molecular flexibility index (Phi) is 6.09. The SMILES string of the molecule is COCCCNC(=O)NCCCn1ccc2ccccc21. The predicted octanol–water partition coefficient (Wildman–Crippen LogP) is 2.37. The lowest BCUT2D eigenvalue weighted by atomic mass is 10.2.